The zero-order chi connectivity index (χ0) is 14.9. The second kappa shape index (κ2) is 6.06. The van der Waals surface area contributed by atoms with Gasteiger partial charge in [0.15, 0.2) is 0 Å². The van der Waals surface area contributed by atoms with Gasteiger partial charge in [0, 0.05) is 6.04 Å². The Balaban J connectivity index is 2.33. The molecule has 0 amide bonds. The summed E-state index contributed by atoms with van der Waals surface area (Å²) in [5.74, 6) is -0.243. The molecule has 0 aliphatic carbocycles. The normalized spacial score (nSPS) is 12.5. The molecule has 1 unspecified atom stereocenters. The molecule has 0 aliphatic heterocycles. The number of rotatable bonds is 3. The van der Waals surface area contributed by atoms with Crippen molar-refractivity contribution < 1.29 is 4.39 Å². The van der Waals surface area contributed by atoms with Gasteiger partial charge in [0.2, 0.25) is 0 Å². The predicted molar refractivity (Wildman–Crippen MR) is 85.4 cm³/mol. The summed E-state index contributed by atoms with van der Waals surface area (Å²) in [5.41, 5.74) is 12.0. The van der Waals surface area contributed by atoms with Gasteiger partial charge in [-0.2, -0.15) is 0 Å². The lowest BCUT2D eigenvalue weighted by Crippen LogP contribution is -2.16. The molecule has 20 heavy (non-hydrogen) atoms. The van der Waals surface area contributed by atoms with E-state index < -0.39 is 0 Å². The number of halogens is 2. The van der Waals surface area contributed by atoms with E-state index in [-0.39, 0.29) is 11.9 Å². The molecular weight excluding hydrogens is 317 g/mol. The molecule has 2 N–H and O–H groups in total. The summed E-state index contributed by atoms with van der Waals surface area (Å²) in [5, 5.41) is 0. The standard InChI is InChI=1S/C17H19BrFN/c1-10-7-11(2)16(12(3)8-10)15(20)9-13-5-4-6-14(19)17(13)18/h4-8,15H,9,20H2,1-3H3. The van der Waals surface area contributed by atoms with Crippen LogP contribution in [-0.2, 0) is 6.42 Å². The molecule has 1 nitrogen and oxygen atoms in total. The molecule has 2 rings (SSSR count). The lowest BCUT2D eigenvalue weighted by molar-refractivity contribution is 0.613. The van der Waals surface area contributed by atoms with E-state index in [1.54, 1.807) is 6.07 Å². The van der Waals surface area contributed by atoms with E-state index in [9.17, 15) is 4.39 Å². The molecule has 0 saturated carbocycles. The summed E-state index contributed by atoms with van der Waals surface area (Å²) >= 11 is 3.30. The molecular formula is C17H19BrFN. The van der Waals surface area contributed by atoms with Crippen molar-refractivity contribution in [2.45, 2.75) is 33.2 Å². The molecule has 2 aromatic carbocycles. The van der Waals surface area contributed by atoms with Crippen LogP contribution in [0.4, 0.5) is 4.39 Å². The molecule has 0 aliphatic rings. The summed E-state index contributed by atoms with van der Waals surface area (Å²) < 4.78 is 14.1. The molecule has 0 heterocycles. The van der Waals surface area contributed by atoms with Gasteiger partial charge in [-0.05, 0) is 71.4 Å². The van der Waals surface area contributed by atoms with Crippen LogP contribution in [0, 0.1) is 26.6 Å². The Kier molecular flexibility index (Phi) is 4.61. The van der Waals surface area contributed by atoms with Gasteiger partial charge in [-0.3, -0.25) is 0 Å². The molecule has 0 spiro atoms. The molecule has 0 radical (unpaired) electrons. The minimum Gasteiger partial charge on any atom is -0.324 e. The zero-order valence-corrected chi connectivity index (χ0v) is 13.6. The van der Waals surface area contributed by atoms with E-state index in [0.29, 0.717) is 10.9 Å². The third-order valence-electron chi connectivity index (χ3n) is 3.58. The Morgan fingerprint density at radius 3 is 2.35 bits per heavy atom. The van der Waals surface area contributed by atoms with E-state index in [1.807, 2.05) is 6.07 Å². The monoisotopic (exact) mass is 335 g/mol. The van der Waals surface area contributed by atoms with Crippen molar-refractivity contribution in [1.82, 2.24) is 0 Å². The first-order valence-corrected chi connectivity index (χ1v) is 7.45. The van der Waals surface area contributed by atoms with Gasteiger partial charge in [-0.15, -0.1) is 0 Å². The van der Waals surface area contributed by atoms with Crippen LogP contribution < -0.4 is 5.73 Å². The van der Waals surface area contributed by atoms with Crippen molar-refractivity contribution >= 4 is 15.9 Å². The second-order valence-corrected chi connectivity index (χ2v) is 6.13. The Morgan fingerprint density at radius 1 is 1.15 bits per heavy atom. The van der Waals surface area contributed by atoms with Gasteiger partial charge >= 0.3 is 0 Å². The summed E-state index contributed by atoms with van der Waals surface area (Å²) in [6.07, 6.45) is 0.614. The largest absolute Gasteiger partial charge is 0.324 e. The van der Waals surface area contributed by atoms with Gasteiger partial charge in [0.05, 0.1) is 4.47 Å². The quantitative estimate of drug-likeness (QED) is 0.860. The van der Waals surface area contributed by atoms with Crippen LogP contribution in [0.25, 0.3) is 0 Å². The van der Waals surface area contributed by atoms with Crippen LogP contribution in [-0.4, -0.2) is 0 Å². The molecule has 2 aromatic rings. The van der Waals surface area contributed by atoms with Gasteiger partial charge in [-0.25, -0.2) is 4.39 Å². The van der Waals surface area contributed by atoms with Crippen molar-refractivity contribution in [1.29, 1.82) is 0 Å². The summed E-state index contributed by atoms with van der Waals surface area (Å²) in [6, 6.07) is 9.23. The van der Waals surface area contributed by atoms with Crippen molar-refractivity contribution in [2.75, 3.05) is 0 Å². The van der Waals surface area contributed by atoms with Gasteiger partial charge in [0.1, 0.15) is 5.82 Å². The maximum atomic E-state index is 13.6. The highest BCUT2D eigenvalue weighted by Gasteiger charge is 2.15. The Labute approximate surface area is 128 Å². The van der Waals surface area contributed by atoms with Crippen molar-refractivity contribution in [2.24, 2.45) is 5.73 Å². The molecule has 1 atom stereocenters. The molecule has 0 fully saturated rings. The smallest absolute Gasteiger partial charge is 0.137 e. The fraction of sp³-hybridized carbons (Fsp3) is 0.294. The first-order chi connectivity index (χ1) is 9.40. The highest BCUT2D eigenvalue weighted by molar-refractivity contribution is 9.10. The third-order valence-corrected chi connectivity index (χ3v) is 4.47. The van der Waals surface area contributed by atoms with Crippen molar-refractivity contribution in [3.63, 3.8) is 0 Å². The Hall–Kier alpha value is -1.19. The average molecular weight is 336 g/mol. The van der Waals surface area contributed by atoms with E-state index in [4.69, 9.17) is 5.73 Å². The lowest BCUT2D eigenvalue weighted by Gasteiger charge is -2.19. The fourth-order valence-corrected chi connectivity index (χ4v) is 3.25. The van der Waals surface area contributed by atoms with Crippen LogP contribution in [0.5, 0.6) is 0 Å². The second-order valence-electron chi connectivity index (χ2n) is 5.34. The summed E-state index contributed by atoms with van der Waals surface area (Å²) in [6.45, 7) is 6.24. The molecule has 0 saturated heterocycles. The van der Waals surface area contributed by atoms with Gasteiger partial charge in [-0.1, -0.05) is 29.8 Å². The molecule has 0 aromatic heterocycles. The fourth-order valence-electron chi connectivity index (χ4n) is 2.82. The molecule has 3 heteroatoms. The first-order valence-electron chi connectivity index (χ1n) is 6.66. The third kappa shape index (κ3) is 3.10. The van der Waals surface area contributed by atoms with E-state index in [2.05, 4.69) is 48.8 Å². The maximum Gasteiger partial charge on any atom is 0.137 e. The van der Waals surface area contributed by atoms with Crippen LogP contribution in [0.15, 0.2) is 34.8 Å². The average Bonchev–Trinajstić information content (AvgIpc) is 2.33. The molecule has 106 valence electrons. The summed E-state index contributed by atoms with van der Waals surface area (Å²) in [7, 11) is 0. The first kappa shape index (κ1) is 15.2. The highest BCUT2D eigenvalue weighted by Crippen LogP contribution is 2.28. The van der Waals surface area contributed by atoms with Crippen molar-refractivity contribution in [3.8, 4) is 0 Å². The van der Waals surface area contributed by atoms with Gasteiger partial charge < -0.3 is 5.73 Å². The minimum absolute atomic E-state index is 0.131. The van der Waals surface area contributed by atoms with Crippen LogP contribution >= 0.6 is 15.9 Å². The number of aryl methyl sites for hydroxylation is 3. The van der Waals surface area contributed by atoms with Crippen LogP contribution in [0.3, 0.4) is 0 Å². The number of hydrogen-bond acceptors (Lipinski definition) is 1. The lowest BCUT2D eigenvalue weighted by atomic mass is 9.91. The SMILES string of the molecule is Cc1cc(C)c(C(N)Cc2cccc(F)c2Br)c(C)c1. The number of benzene rings is 2. The minimum atomic E-state index is -0.243. The van der Waals surface area contributed by atoms with E-state index in [1.165, 1.54) is 22.8 Å². The highest BCUT2D eigenvalue weighted by atomic mass is 79.9. The Morgan fingerprint density at radius 2 is 1.75 bits per heavy atom. The van der Waals surface area contributed by atoms with E-state index in [0.717, 1.165) is 11.1 Å². The zero-order valence-electron chi connectivity index (χ0n) is 12.0. The molecule has 0 bridgehead atoms. The van der Waals surface area contributed by atoms with E-state index >= 15 is 0 Å². The summed E-state index contributed by atoms with van der Waals surface area (Å²) in [4.78, 5) is 0. The van der Waals surface area contributed by atoms with Gasteiger partial charge in [0.25, 0.3) is 0 Å². The number of hydrogen-bond donors (Lipinski definition) is 1. The van der Waals surface area contributed by atoms with Crippen LogP contribution in [0.2, 0.25) is 0 Å². The predicted octanol–water partition coefficient (Wildman–Crippen LogP) is 4.76. The van der Waals surface area contributed by atoms with Crippen molar-refractivity contribution in [3.05, 3.63) is 68.4 Å². The topological polar surface area (TPSA) is 26.0 Å². The Bertz CT molecular complexity index is 614. The maximum absolute atomic E-state index is 13.6. The number of nitrogens with two attached hydrogens (primary N) is 1. The van der Waals surface area contributed by atoms with Crippen LogP contribution in [0.1, 0.15) is 33.9 Å².